The third-order valence-electron chi connectivity index (χ3n) is 3.26. The number of hydrogen-bond acceptors (Lipinski definition) is 6. The highest BCUT2D eigenvalue weighted by Crippen LogP contribution is 2.32. The molecule has 0 saturated carbocycles. The molecule has 112 valence electrons. The van der Waals surface area contributed by atoms with Gasteiger partial charge in [0.15, 0.2) is 0 Å². The van der Waals surface area contributed by atoms with Gasteiger partial charge in [0.25, 0.3) is 11.6 Å². The fourth-order valence-electron chi connectivity index (χ4n) is 2.21. The highest BCUT2D eigenvalue weighted by Gasteiger charge is 2.24. The molecule has 7 heteroatoms. The van der Waals surface area contributed by atoms with E-state index in [4.69, 9.17) is 4.42 Å². The van der Waals surface area contributed by atoms with Crippen LogP contribution in [0, 0.1) is 17.0 Å². The van der Waals surface area contributed by atoms with Crippen molar-refractivity contribution in [2.45, 2.75) is 33.2 Å². The molecule has 1 unspecified atom stereocenters. The Bertz CT molecular complexity index is 639. The first-order valence-electron chi connectivity index (χ1n) is 6.89. The molecule has 2 rings (SSSR count). The summed E-state index contributed by atoms with van der Waals surface area (Å²) in [6, 6.07) is 4.82. The lowest BCUT2D eigenvalue weighted by Gasteiger charge is -2.10. The molecule has 0 amide bonds. The largest absolute Gasteiger partial charge is 0.419 e. The van der Waals surface area contributed by atoms with Gasteiger partial charge in [0, 0.05) is 6.07 Å². The van der Waals surface area contributed by atoms with E-state index in [9.17, 15) is 10.1 Å². The first kappa shape index (κ1) is 15.1. The maximum absolute atomic E-state index is 11.2. The van der Waals surface area contributed by atoms with Crippen molar-refractivity contribution in [2.24, 2.45) is 0 Å². The van der Waals surface area contributed by atoms with Crippen LogP contribution < -0.4 is 5.32 Å². The van der Waals surface area contributed by atoms with Gasteiger partial charge in [-0.1, -0.05) is 26.0 Å². The summed E-state index contributed by atoms with van der Waals surface area (Å²) in [6.07, 6.45) is 0.797. The van der Waals surface area contributed by atoms with E-state index >= 15 is 0 Å². The molecule has 0 bridgehead atoms. The number of aromatic nitrogens is 2. The molecule has 2 aromatic rings. The van der Waals surface area contributed by atoms with Crippen molar-refractivity contribution in [1.82, 2.24) is 15.5 Å². The van der Waals surface area contributed by atoms with Crippen molar-refractivity contribution in [3.63, 3.8) is 0 Å². The van der Waals surface area contributed by atoms with Crippen LogP contribution in [0.1, 0.15) is 37.8 Å². The molecule has 0 radical (unpaired) electrons. The fourth-order valence-corrected chi connectivity index (χ4v) is 2.21. The van der Waals surface area contributed by atoms with E-state index in [1.54, 1.807) is 19.1 Å². The highest BCUT2D eigenvalue weighted by atomic mass is 16.6. The number of nitrogens with one attached hydrogen (secondary N) is 1. The standard InChI is InChI=1S/C14H18N4O3/c1-4-10(15-5-2)13-16-17-14(21-13)12-9(3)7-6-8-11(12)18(19)20/h6-8,10,15H,4-5H2,1-3H3. The van der Waals surface area contributed by atoms with E-state index in [0.29, 0.717) is 11.5 Å². The Kier molecular flexibility index (Phi) is 4.64. The summed E-state index contributed by atoms with van der Waals surface area (Å²) in [4.78, 5) is 10.7. The number of nitro groups is 1. The molecule has 0 spiro atoms. The van der Waals surface area contributed by atoms with E-state index in [1.807, 2.05) is 13.8 Å². The number of nitrogens with zero attached hydrogens (tertiary/aromatic N) is 3. The van der Waals surface area contributed by atoms with Crippen molar-refractivity contribution in [2.75, 3.05) is 6.54 Å². The van der Waals surface area contributed by atoms with Crippen LogP contribution in [0.3, 0.4) is 0 Å². The van der Waals surface area contributed by atoms with Crippen molar-refractivity contribution in [3.05, 3.63) is 39.8 Å². The van der Waals surface area contributed by atoms with Crippen LogP contribution in [-0.4, -0.2) is 21.7 Å². The second-order valence-electron chi connectivity index (χ2n) is 4.69. The lowest BCUT2D eigenvalue weighted by molar-refractivity contribution is -0.384. The zero-order chi connectivity index (χ0) is 15.4. The third-order valence-corrected chi connectivity index (χ3v) is 3.26. The Morgan fingerprint density at radius 2 is 2.14 bits per heavy atom. The van der Waals surface area contributed by atoms with Gasteiger partial charge in [0.1, 0.15) is 5.56 Å². The lowest BCUT2D eigenvalue weighted by atomic mass is 10.1. The van der Waals surface area contributed by atoms with Crippen LogP contribution in [0.4, 0.5) is 5.69 Å². The summed E-state index contributed by atoms with van der Waals surface area (Å²) in [5.41, 5.74) is 1.09. The molecule has 1 aromatic heterocycles. The molecule has 1 atom stereocenters. The van der Waals surface area contributed by atoms with Gasteiger partial charge in [0.05, 0.1) is 11.0 Å². The number of aryl methyl sites for hydroxylation is 1. The summed E-state index contributed by atoms with van der Waals surface area (Å²) < 4.78 is 5.66. The molecule has 1 heterocycles. The predicted octanol–water partition coefficient (Wildman–Crippen LogP) is 3.01. The predicted molar refractivity (Wildman–Crippen MR) is 77.8 cm³/mol. The van der Waals surface area contributed by atoms with Gasteiger partial charge in [-0.2, -0.15) is 0 Å². The van der Waals surface area contributed by atoms with Crippen LogP contribution in [0.5, 0.6) is 0 Å². The Morgan fingerprint density at radius 1 is 1.38 bits per heavy atom. The van der Waals surface area contributed by atoms with Gasteiger partial charge < -0.3 is 9.73 Å². The maximum Gasteiger partial charge on any atom is 0.282 e. The normalized spacial score (nSPS) is 12.3. The third kappa shape index (κ3) is 3.08. The minimum atomic E-state index is -0.437. The Labute approximate surface area is 122 Å². The average Bonchev–Trinajstić information content (AvgIpc) is 2.93. The van der Waals surface area contributed by atoms with E-state index in [1.165, 1.54) is 6.07 Å². The van der Waals surface area contributed by atoms with Gasteiger partial charge in [0.2, 0.25) is 5.89 Å². The summed E-state index contributed by atoms with van der Waals surface area (Å²) in [7, 11) is 0. The van der Waals surface area contributed by atoms with E-state index in [0.717, 1.165) is 18.5 Å². The van der Waals surface area contributed by atoms with Crippen molar-refractivity contribution in [1.29, 1.82) is 0 Å². The number of hydrogen-bond donors (Lipinski definition) is 1. The number of nitro benzene ring substituents is 1. The van der Waals surface area contributed by atoms with Crippen LogP contribution in [0.2, 0.25) is 0 Å². The molecular weight excluding hydrogens is 272 g/mol. The van der Waals surface area contributed by atoms with Gasteiger partial charge in [-0.15, -0.1) is 10.2 Å². The van der Waals surface area contributed by atoms with E-state index in [2.05, 4.69) is 15.5 Å². The molecule has 0 aliphatic carbocycles. The quantitative estimate of drug-likeness (QED) is 0.649. The summed E-state index contributed by atoms with van der Waals surface area (Å²) in [5.74, 6) is 0.637. The van der Waals surface area contributed by atoms with Crippen LogP contribution in [0.15, 0.2) is 22.6 Å². The van der Waals surface area contributed by atoms with Crippen molar-refractivity contribution < 1.29 is 9.34 Å². The average molecular weight is 290 g/mol. The Morgan fingerprint density at radius 3 is 2.76 bits per heavy atom. The van der Waals surface area contributed by atoms with Crippen molar-refractivity contribution >= 4 is 5.69 Å². The van der Waals surface area contributed by atoms with Gasteiger partial charge in [-0.25, -0.2) is 0 Å². The Hall–Kier alpha value is -2.28. The van der Waals surface area contributed by atoms with Gasteiger partial charge in [-0.3, -0.25) is 10.1 Å². The highest BCUT2D eigenvalue weighted by molar-refractivity contribution is 5.70. The zero-order valence-electron chi connectivity index (χ0n) is 12.3. The van der Waals surface area contributed by atoms with Gasteiger partial charge >= 0.3 is 0 Å². The molecule has 7 nitrogen and oxygen atoms in total. The number of rotatable bonds is 6. The maximum atomic E-state index is 11.2. The molecule has 0 aliphatic rings. The second-order valence-corrected chi connectivity index (χ2v) is 4.69. The first-order valence-corrected chi connectivity index (χ1v) is 6.89. The van der Waals surface area contributed by atoms with Crippen LogP contribution >= 0.6 is 0 Å². The molecule has 1 aromatic carbocycles. The summed E-state index contributed by atoms with van der Waals surface area (Å²) >= 11 is 0. The van der Waals surface area contributed by atoms with E-state index < -0.39 is 4.92 Å². The monoisotopic (exact) mass is 290 g/mol. The second kappa shape index (κ2) is 6.45. The Balaban J connectivity index is 2.45. The minimum absolute atomic E-state index is 0.0262. The molecule has 0 aliphatic heterocycles. The first-order chi connectivity index (χ1) is 10.1. The topological polar surface area (TPSA) is 94.1 Å². The summed E-state index contributed by atoms with van der Waals surface area (Å²) in [6.45, 7) is 6.56. The van der Waals surface area contributed by atoms with Crippen molar-refractivity contribution in [3.8, 4) is 11.5 Å². The molecule has 0 saturated heterocycles. The minimum Gasteiger partial charge on any atom is -0.419 e. The van der Waals surface area contributed by atoms with Crippen LogP contribution in [-0.2, 0) is 0 Å². The molecular formula is C14H18N4O3. The number of benzene rings is 1. The summed E-state index contributed by atoms with van der Waals surface area (Å²) in [5, 5.41) is 22.4. The smallest absolute Gasteiger partial charge is 0.282 e. The van der Waals surface area contributed by atoms with E-state index in [-0.39, 0.29) is 17.6 Å². The zero-order valence-corrected chi connectivity index (χ0v) is 12.3. The molecule has 0 fully saturated rings. The van der Waals surface area contributed by atoms with Crippen LogP contribution in [0.25, 0.3) is 11.5 Å². The van der Waals surface area contributed by atoms with Gasteiger partial charge in [-0.05, 0) is 25.5 Å². The fraction of sp³-hybridized carbons (Fsp3) is 0.429. The molecule has 1 N–H and O–H groups in total. The SMILES string of the molecule is CCNC(CC)c1nnc(-c2c(C)cccc2[N+](=O)[O-])o1. The molecule has 21 heavy (non-hydrogen) atoms. The lowest BCUT2D eigenvalue weighted by Crippen LogP contribution is -2.20.